The highest BCUT2D eigenvalue weighted by Gasteiger charge is 2.22. The van der Waals surface area contributed by atoms with Gasteiger partial charge in [0.25, 0.3) is 0 Å². The standard InChI is InChI=1S/C18H28O2Si2/c1-9-11-16(14-15-21(3,4)5)17(22(6,7)8)12-13-18(19)20-10-2/h9H,1,10-11H2,2-8H3/b17-16-. The van der Waals surface area contributed by atoms with E-state index in [0.29, 0.717) is 13.0 Å². The minimum atomic E-state index is -1.71. The lowest BCUT2D eigenvalue weighted by Crippen LogP contribution is -2.25. The predicted octanol–water partition coefficient (Wildman–Crippen LogP) is 4.18. The van der Waals surface area contributed by atoms with E-state index in [2.05, 4.69) is 69.2 Å². The number of ether oxygens (including phenoxy) is 1. The van der Waals surface area contributed by atoms with Crippen LogP contribution in [-0.2, 0) is 9.53 Å². The summed E-state index contributed by atoms with van der Waals surface area (Å²) in [6.07, 6.45) is 2.54. The molecular formula is C18H28O2Si2. The molecule has 120 valence electrons. The third-order valence-electron chi connectivity index (χ3n) is 2.55. The highest BCUT2D eigenvalue weighted by atomic mass is 28.3. The summed E-state index contributed by atoms with van der Waals surface area (Å²) in [5.41, 5.74) is 4.40. The van der Waals surface area contributed by atoms with Crippen molar-refractivity contribution in [1.82, 2.24) is 0 Å². The lowest BCUT2D eigenvalue weighted by molar-refractivity contribution is -0.136. The summed E-state index contributed by atoms with van der Waals surface area (Å²) >= 11 is 0. The molecule has 0 atom stereocenters. The maximum atomic E-state index is 11.5. The van der Waals surface area contributed by atoms with Crippen LogP contribution >= 0.6 is 0 Å². The van der Waals surface area contributed by atoms with Crippen molar-refractivity contribution in [2.75, 3.05) is 6.61 Å². The molecule has 0 fully saturated rings. The van der Waals surface area contributed by atoms with E-state index in [1.165, 1.54) is 0 Å². The zero-order chi connectivity index (χ0) is 17.4. The topological polar surface area (TPSA) is 26.3 Å². The summed E-state index contributed by atoms with van der Waals surface area (Å²) < 4.78 is 4.89. The molecule has 0 spiro atoms. The van der Waals surface area contributed by atoms with Crippen molar-refractivity contribution in [2.24, 2.45) is 0 Å². The monoisotopic (exact) mass is 332 g/mol. The molecule has 0 aromatic heterocycles. The number of esters is 1. The number of carbonyl (C=O) groups is 1. The first-order chi connectivity index (χ1) is 10.0. The number of hydrogen-bond donors (Lipinski definition) is 0. The molecule has 0 aliphatic carbocycles. The first-order valence-electron chi connectivity index (χ1n) is 7.57. The van der Waals surface area contributed by atoms with Gasteiger partial charge in [0.2, 0.25) is 0 Å². The van der Waals surface area contributed by atoms with Crippen LogP contribution in [0.2, 0.25) is 39.3 Å². The normalized spacial score (nSPS) is 12.1. The van der Waals surface area contributed by atoms with Gasteiger partial charge >= 0.3 is 5.97 Å². The molecule has 4 heteroatoms. The molecule has 0 unspecified atom stereocenters. The van der Waals surface area contributed by atoms with E-state index in [1.54, 1.807) is 6.92 Å². The van der Waals surface area contributed by atoms with Crippen LogP contribution in [0, 0.1) is 23.3 Å². The Balaban J connectivity index is 5.98. The fraction of sp³-hybridized carbons (Fsp3) is 0.500. The Morgan fingerprint density at radius 3 is 2.09 bits per heavy atom. The molecule has 0 N–H and O–H groups in total. The maximum Gasteiger partial charge on any atom is 0.384 e. The maximum absolute atomic E-state index is 11.5. The van der Waals surface area contributed by atoms with Crippen molar-refractivity contribution >= 4 is 22.1 Å². The van der Waals surface area contributed by atoms with Gasteiger partial charge in [-0.1, -0.05) is 57.2 Å². The molecule has 2 nitrogen and oxygen atoms in total. The second-order valence-corrected chi connectivity index (χ2v) is 16.8. The van der Waals surface area contributed by atoms with Gasteiger partial charge in [-0.3, -0.25) is 0 Å². The van der Waals surface area contributed by atoms with E-state index < -0.39 is 22.1 Å². The summed E-state index contributed by atoms with van der Waals surface area (Å²) in [6, 6.07) is 0. The van der Waals surface area contributed by atoms with Gasteiger partial charge in [0.1, 0.15) is 8.07 Å². The van der Waals surface area contributed by atoms with Crippen molar-refractivity contribution in [3.63, 3.8) is 0 Å². The van der Waals surface area contributed by atoms with Crippen molar-refractivity contribution in [1.29, 1.82) is 0 Å². The van der Waals surface area contributed by atoms with Gasteiger partial charge in [-0.15, -0.1) is 12.1 Å². The van der Waals surface area contributed by atoms with Crippen molar-refractivity contribution in [3.8, 4) is 23.3 Å². The van der Waals surface area contributed by atoms with Crippen LogP contribution in [-0.4, -0.2) is 28.7 Å². The molecule has 0 saturated heterocycles. The summed E-state index contributed by atoms with van der Waals surface area (Å²) in [7, 11) is -3.18. The van der Waals surface area contributed by atoms with Crippen LogP contribution in [0.25, 0.3) is 0 Å². The average Bonchev–Trinajstić information content (AvgIpc) is 2.33. The molecule has 0 heterocycles. The molecule has 0 aliphatic rings. The first kappa shape index (κ1) is 20.5. The molecule has 0 aromatic carbocycles. The molecule has 0 rings (SSSR count). The van der Waals surface area contributed by atoms with E-state index in [9.17, 15) is 4.79 Å². The minimum Gasteiger partial charge on any atom is -0.456 e. The first-order valence-corrected chi connectivity index (χ1v) is 14.6. The Labute approximate surface area is 138 Å². The zero-order valence-electron chi connectivity index (χ0n) is 15.0. The van der Waals surface area contributed by atoms with Gasteiger partial charge in [0.15, 0.2) is 0 Å². The lowest BCUT2D eigenvalue weighted by Gasteiger charge is -2.18. The van der Waals surface area contributed by atoms with Crippen molar-refractivity contribution < 1.29 is 9.53 Å². The summed E-state index contributed by atoms with van der Waals surface area (Å²) in [6.45, 7) is 19.2. The SMILES string of the molecule is C=CC/C(C#C[Si](C)(C)C)=C(\C#CC(=O)OCC)[Si](C)(C)C. The Morgan fingerprint density at radius 1 is 1.09 bits per heavy atom. The number of carbonyl (C=O) groups excluding carboxylic acids is 1. The average molecular weight is 333 g/mol. The number of rotatable bonds is 4. The van der Waals surface area contributed by atoms with E-state index in [1.807, 2.05) is 6.08 Å². The summed E-state index contributed by atoms with van der Waals surface area (Å²) in [5.74, 6) is 8.49. The van der Waals surface area contributed by atoms with E-state index in [4.69, 9.17) is 4.74 Å². The summed E-state index contributed by atoms with van der Waals surface area (Å²) in [5, 5.41) is 1.02. The van der Waals surface area contributed by atoms with Gasteiger partial charge in [-0.25, -0.2) is 4.79 Å². The van der Waals surface area contributed by atoms with Gasteiger partial charge in [-0.2, -0.15) is 0 Å². The van der Waals surface area contributed by atoms with E-state index in [0.717, 1.165) is 10.8 Å². The Kier molecular flexibility index (Phi) is 8.23. The van der Waals surface area contributed by atoms with Crippen LogP contribution in [0.1, 0.15) is 13.3 Å². The zero-order valence-corrected chi connectivity index (χ0v) is 17.0. The molecular weight excluding hydrogens is 304 g/mol. The quantitative estimate of drug-likeness (QED) is 0.254. The van der Waals surface area contributed by atoms with Crippen LogP contribution in [0.15, 0.2) is 23.4 Å². The fourth-order valence-corrected chi connectivity index (χ4v) is 3.65. The van der Waals surface area contributed by atoms with E-state index >= 15 is 0 Å². The molecule has 0 aliphatic heterocycles. The van der Waals surface area contributed by atoms with Crippen LogP contribution in [0.5, 0.6) is 0 Å². The molecule has 0 saturated carbocycles. The van der Waals surface area contributed by atoms with Gasteiger partial charge < -0.3 is 4.74 Å². The Bertz CT molecular complexity index is 565. The van der Waals surface area contributed by atoms with Gasteiger partial charge in [0, 0.05) is 11.5 Å². The summed E-state index contributed by atoms with van der Waals surface area (Å²) in [4.78, 5) is 11.5. The smallest absolute Gasteiger partial charge is 0.384 e. The highest BCUT2D eigenvalue weighted by Crippen LogP contribution is 2.20. The largest absolute Gasteiger partial charge is 0.456 e. The Morgan fingerprint density at radius 2 is 1.68 bits per heavy atom. The Hall–Kier alpha value is -1.50. The predicted molar refractivity (Wildman–Crippen MR) is 101 cm³/mol. The molecule has 0 aromatic rings. The van der Waals surface area contributed by atoms with Crippen molar-refractivity contribution in [3.05, 3.63) is 23.4 Å². The van der Waals surface area contributed by atoms with E-state index in [-0.39, 0.29) is 0 Å². The van der Waals surface area contributed by atoms with Crippen molar-refractivity contribution in [2.45, 2.75) is 52.6 Å². The van der Waals surface area contributed by atoms with Crippen LogP contribution in [0.4, 0.5) is 0 Å². The van der Waals surface area contributed by atoms with Gasteiger partial charge in [0.05, 0.1) is 14.7 Å². The molecule has 22 heavy (non-hydrogen) atoms. The molecule has 0 amide bonds. The minimum absolute atomic E-state index is 0.342. The van der Waals surface area contributed by atoms with Crippen LogP contribution < -0.4 is 0 Å². The second-order valence-electron chi connectivity index (χ2n) is 7.07. The lowest BCUT2D eigenvalue weighted by atomic mass is 10.2. The highest BCUT2D eigenvalue weighted by molar-refractivity contribution is 6.85. The number of allylic oxidation sites excluding steroid dienone is 3. The fourth-order valence-electron chi connectivity index (χ4n) is 1.62. The number of hydrogen-bond acceptors (Lipinski definition) is 2. The third kappa shape index (κ3) is 8.72. The second kappa shape index (κ2) is 8.83. The molecule has 0 radical (unpaired) electrons. The van der Waals surface area contributed by atoms with Gasteiger partial charge in [-0.05, 0) is 18.5 Å². The molecule has 0 bridgehead atoms. The van der Waals surface area contributed by atoms with Crippen LogP contribution in [0.3, 0.4) is 0 Å². The third-order valence-corrected chi connectivity index (χ3v) is 5.36.